The van der Waals surface area contributed by atoms with Crippen molar-refractivity contribution in [3.8, 4) is 0 Å². The summed E-state index contributed by atoms with van der Waals surface area (Å²) in [5.41, 5.74) is 0.797. The minimum Gasteiger partial charge on any atom is -0.455 e. The van der Waals surface area contributed by atoms with Crippen LogP contribution in [0.4, 0.5) is 4.39 Å². The van der Waals surface area contributed by atoms with Gasteiger partial charge in [0.25, 0.3) is 5.91 Å². The maximum Gasteiger partial charge on any atom is 0.309 e. The quantitative estimate of drug-likeness (QED) is 0.712. The van der Waals surface area contributed by atoms with Crippen molar-refractivity contribution in [2.24, 2.45) is 11.8 Å². The van der Waals surface area contributed by atoms with Crippen LogP contribution in [-0.4, -0.2) is 54.3 Å². The van der Waals surface area contributed by atoms with E-state index in [4.69, 9.17) is 4.74 Å². The second-order valence-corrected chi connectivity index (χ2v) is 7.36. The summed E-state index contributed by atoms with van der Waals surface area (Å²) in [7, 11) is 1.61. The van der Waals surface area contributed by atoms with Crippen molar-refractivity contribution in [1.82, 2.24) is 9.80 Å². The highest BCUT2D eigenvalue weighted by molar-refractivity contribution is 5.82. The molecular weight excluding hydrogens is 351 g/mol. The number of amides is 2. The summed E-state index contributed by atoms with van der Waals surface area (Å²) >= 11 is 0. The molecule has 1 aliphatic heterocycles. The smallest absolute Gasteiger partial charge is 0.309 e. The zero-order chi connectivity index (χ0) is 19.4. The van der Waals surface area contributed by atoms with E-state index in [0.29, 0.717) is 32.5 Å². The number of likely N-dealkylation sites (N-methyl/N-ethyl adjacent to an activating group) is 1. The molecule has 0 radical (unpaired) electrons. The van der Waals surface area contributed by atoms with Gasteiger partial charge in [0.1, 0.15) is 5.82 Å². The summed E-state index contributed by atoms with van der Waals surface area (Å²) in [6.07, 6.45) is 3.12. The van der Waals surface area contributed by atoms with E-state index in [0.717, 1.165) is 18.4 Å². The zero-order valence-corrected chi connectivity index (χ0v) is 15.5. The lowest BCUT2D eigenvalue weighted by molar-refractivity contribution is -0.157. The normalized spacial score (nSPS) is 17.5. The van der Waals surface area contributed by atoms with Crippen LogP contribution < -0.4 is 0 Å². The largest absolute Gasteiger partial charge is 0.455 e. The number of piperidine rings is 1. The number of benzene rings is 1. The Bertz CT molecular complexity index is 694. The molecule has 1 heterocycles. The first-order valence-corrected chi connectivity index (χ1v) is 9.38. The first kappa shape index (κ1) is 19.3. The van der Waals surface area contributed by atoms with Gasteiger partial charge in [-0.25, -0.2) is 4.39 Å². The third-order valence-electron chi connectivity index (χ3n) is 5.16. The molecule has 27 heavy (non-hydrogen) atoms. The second kappa shape index (κ2) is 8.50. The fraction of sp³-hybridized carbons (Fsp3) is 0.550. The molecule has 0 bridgehead atoms. The number of hydrogen-bond donors (Lipinski definition) is 0. The van der Waals surface area contributed by atoms with Gasteiger partial charge < -0.3 is 14.5 Å². The minimum atomic E-state index is -0.378. The molecule has 7 heteroatoms. The lowest BCUT2D eigenvalue weighted by Gasteiger charge is -2.31. The van der Waals surface area contributed by atoms with Crippen LogP contribution in [0.1, 0.15) is 31.2 Å². The monoisotopic (exact) mass is 376 g/mol. The molecule has 1 aliphatic carbocycles. The number of carbonyl (C=O) groups excluding carboxylic acids is 3. The molecule has 3 rings (SSSR count). The maximum atomic E-state index is 12.9. The van der Waals surface area contributed by atoms with Gasteiger partial charge in [0, 0.05) is 32.6 Å². The van der Waals surface area contributed by atoms with Crippen LogP contribution in [0, 0.1) is 17.7 Å². The van der Waals surface area contributed by atoms with Crippen molar-refractivity contribution in [3.63, 3.8) is 0 Å². The van der Waals surface area contributed by atoms with E-state index in [1.165, 1.54) is 17.0 Å². The molecule has 1 saturated heterocycles. The van der Waals surface area contributed by atoms with Crippen LogP contribution in [0.5, 0.6) is 0 Å². The van der Waals surface area contributed by atoms with Crippen LogP contribution in [0.25, 0.3) is 0 Å². The van der Waals surface area contributed by atoms with Crippen LogP contribution in [0.3, 0.4) is 0 Å². The molecular formula is C20H25FN2O4. The Kier molecular flexibility index (Phi) is 6.08. The van der Waals surface area contributed by atoms with Gasteiger partial charge in [0.05, 0.1) is 5.92 Å². The van der Waals surface area contributed by atoms with Gasteiger partial charge in [-0.15, -0.1) is 0 Å². The minimum absolute atomic E-state index is 0.197. The summed E-state index contributed by atoms with van der Waals surface area (Å²) in [6, 6.07) is 5.91. The lowest BCUT2D eigenvalue weighted by atomic mass is 9.97. The average molecular weight is 376 g/mol. The highest BCUT2D eigenvalue weighted by Crippen LogP contribution is 2.32. The van der Waals surface area contributed by atoms with Crippen molar-refractivity contribution < 1.29 is 23.5 Å². The Morgan fingerprint density at radius 2 is 1.70 bits per heavy atom. The number of hydrogen-bond acceptors (Lipinski definition) is 4. The molecule has 146 valence electrons. The molecule has 1 saturated carbocycles. The number of carbonyl (C=O) groups is 3. The van der Waals surface area contributed by atoms with Gasteiger partial charge in [-0.2, -0.15) is 0 Å². The van der Waals surface area contributed by atoms with Gasteiger partial charge in [-0.1, -0.05) is 12.1 Å². The highest BCUT2D eigenvalue weighted by atomic mass is 19.1. The molecule has 2 amide bonds. The summed E-state index contributed by atoms with van der Waals surface area (Å²) in [6.45, 7) is 1.16. The highest BCUT2D eigenvalue weighted by Gasteiger charge is 2.36. The third-order valence-corrected chi connectivity index (χ3v) is 5.16. The van der Waals surface area contributed by atoms with Gasteiger partial charge in [0.15, 0.2) is 6.61 Å². The van der Waals surface area contributed by atoms with Crippen LogP contribution in [0.2, 0.25) is 0 Å². The SMILES string of the molecule is CN(Cc1ccc(F)cc1)C(=O)COC(=O)C1CCN(C(=O)C2CC2)CC1. The Morgan fingerprint density at radius 1 is 1.07 bits per heavy atom. The Hall–Kier alpha value is -2.44. The Balaban J connectivity index is 1.38. The first-order chi connectivity index (χ1) is 12.9. The van der Waals surface area contributed by atoms with Crippen molar-refractivity contribution in [2.45, 2.75) is 32.2 Å². The number of likely N-dealkylation sites (tertiary alicyclic amines) is 1. The van der Waals surface area contributed by atoms with E-state index in [1.54, 1.807) is 19.2 Å². The van der Waals surface area contributed by atoms with E-state index < -0.39 is 0 Å². The van der Waals surface area contributed by atoms with Gasteiger partial charge in [0.2, 0.25) is 5.91 Å². The molecule has 0 atom stereocenters. The molecule has 1 aromatic rings. The number of rotatable bonds is 6. The molecule has 2 aliphatic rings. The van der Waals surface area contributed by atoms with E-state index >= 15 is 0 Å². The van der Waals surface area contributed by atoms with Gasteiger partial charge in [-0.05, 0) is 43.4 Å². The molecule has 6 nitrogen and oxygen atoms in total. The van der Waals surface area contributed by atoms with E-state index in [9.17, 15) is 18.8 Å². The molecule has 0 N–H and O–H groups in total. The number of halogens is 1. The number of esters is 1. The first-order valence-electron chi connectivity index (χ1n) is 9.38. The topological polar surface area (TPSA) is 66.9 Å². The third kappa shape index (κ3) is 5.28. The van der Waals surface area contributed by atoms with E-state index in [1.807, 2.05) is 4.90 Å². The van der Waals surface area contributed by atoms with E-state index in [-0.39, 0.29) is 42.0 Å². The molecule has 2 fully saturated rings. The standard InChI is InChI=1S/C20H25FN2O4/c1-22(12-14-2-6-17(21)7-3-14)18(24)13-27-20(26)16-8-10-23(11-9-16)19(25)15-4-5-15/h2-3,6-7,15-16H,4-5,8-13H2,1H3. The maximum absolute atomic E-state index is 12.9. The number of nitrogens with zero attached hydrogens (tertiary/aromatic N) is 2. The molecule has 0 aromatic heterocycles. The van der Waals surface area contributed by atoms with Gasteiger partial charge >= 0.3 is 5.97 Å². The average Bonchev–Trinajstić information content (AvgIpc) is 3.52. The summed E-state index contributed by atoms with van der Waals surface area (Å²) in [5.74, 6) is -0.872. The summed E-state index contributed by atoms with van der Waals surface area (Å²) in [5, 5.41) is 0. The van der Waals surface area contributed by atoms with Crippen LogP contribution in [0.15, 0.2) is 24.3 Å². The van der Waals surface area contributed by atoms with Gasteiger partial charge in [-0.3, -0.25) is 14.4 Å². The fourth-order valence-corrected chi connectivity index (χ4v) is 3.24. The van der Waals surface area contributed by atoms with Crippen molar-refractivity contribution >= 4 is 17.8 Å². The second-order valence-electron chi connectivity index (χ2n) is 7.36. The lowest BCUT2D eigenvalue weighted by Crippen LogP contribution is -2.41. The van der Waals surface area contributed by atoms with Crippen molar-refractivity contribution in [3.05, 3.63) is 35.6 Å². The van der Waals surface area contributed by atoms with Crippen LogP contribution >= 0.6 is 0 Å². The molecule has 1 aromatic carbocycles. The summed E-state index contributed by atoms with van der Waals surface area (Å²) < 4.78 is 18.1. The summed E-state index contributed by atoms with van der Waals surface area (Å²) in [4.78, 5) is 39.7. The predicted molar refractivity (Wildman–Crippen MR) is 95.9 cm³/mol. The zero-order valence-electron chi connectivity index (χ0n) is 15.5. The van der Waals surface area contributed by atoms with Crippen LogP contribution in [-0.2, 0) is 25.7 Å². The molecule has 0 spiro atoms. The van der Waals surface area contributed by atoms with E-state index in [2.05, 4.69) is 0 Å². The van der Waals surface area contributed by atoms with Crippen molar-refractivity contribution in [1.29, 1.82) is 0 Å². The predicted octanol–water partition coefficient (Wildman–Crippen LogP) is 1.98. The van der Waals surface area contributed by atoms with Crippen molar-refractivity contribution in [2.75, 3.05) is 26.7 Å². The Morgan fingerprint density at radius 3 is 2.30 bits per heavy atom. The number of ether oxygens (including phenoxy) is 1. The Labute approximate surface area is 158 Å². The molecule has 0 unspecified atom stereocenters. The fourth-order valence-electron chi connectivity index (χ4n) is 3.24.